The monoisotopic (exact) mass is 477 g/mol. The molecular formula is C20H17Cl2N5O3S. The quantitative estimate of drug-likeness (QED) is 0.413. The highest BCUT2D eigenvalue weighted by atomic mass is 35.5. The van der Waals surface area contributed by atoms with Gasteiger partial charge in [-0.3, -0.25) is 4.79 Å². The number of carbonyl (C=O) groups excluding carboxylic acids is 1. The van der Waals surface area contributed by atoms with Crippen LogP contribution in [0.3, 0.4) is 0 Å². The van der Waals surface area contributed by atoms with Gasteiger partial charge in [-0.25, -0.2) is 0 Å². The van der Waals surface area contributed by atoms with E-state index in [0.29, 0.717) is 32.2 Å². The smallest absolute Gasteiger partial charge is 0.262 e. The number of aromatic nitrogens is 4. The molecule has 11 heteroatoms. The number of aryl methyl sites for hydroxylation is 1. The predicted molar refractivity (Wildman–Crippen MR) is 121 cm³/mol. The number of ether oxygens (including phenoxy) is 2. The van der Waals surface area contributed by atoms with Crippen LogP contribution in [0.25, 0.3) is 15.5 Å². The van der Waals surface area contributed by atoms with Crippen molar-refractivity contribution in [3.05, 3.63) is 52.3 Å². The average Bonchev–Trinajstić information content (AvgIpc) is 3.34. The number of halogens is 2. The number of nitrogens with one attached hydrogen (secondary N) is 1. The summed E-state index contributed by atoms with van der Waals surface area (Å²) < 4.78 is 12.6. The highest BCUT2D eigenvalue weighted by Crippen LogP contribution is 2.33. The third kappa shape index (κ3) is 4.58. The molecule has 2 heterocycles. The molecule has 1 N–H and O–H groups in total. The minimum Gasteiger partial charge on any atom is -0.495 e. The van der Waals surface area contributed by atoms with Gasteiger partial charge in [0.2, 0.25) is 4.96 Å². The molecule has 1 amide bonds. The van der Waals surface area contributed by atoms with Crippen molar-refractivity contribution in [3.8, 4) is 22.1 Å². The summed E-state index contributed by atoms with van der Waals surface area (Å²) in [6.45, 7) is 1.77. The third-order valence-corrected chi connectivity index (χ3v) is 5.82. The molecule has 0 atom stereocenters. The van der Waals surface area contributed by atoms with Crippen molar-refractivity contribution in [2.45, 2.75) is 13.3 Å². The van der Waals surface area contributed by atoms with Gasteiger partial charge >= 0.3 is 0 Å². The Balaban J connectivity index is 1.52. The SMILES string of the molecule is CCc1nnc2sc(-c3ccc(OC)c(NC(=O)COc4ccc(Cl)cc4Cl)c3)nn12. The summed E-state index contributed by atoms with van der Waals surface area (Å²) in [6.07, 6.45) is 0.728. The van der Waals surface area contributed by atoms with E-state index in [4.69, 9.17) is 32.7 Å². The number of amides is 1. The molecule has 0 fully saturated rings. The number of anilines is 1. The largest absolute Gasteiger partial charge is 0.495 e. The zero-order valence-corrected chi connectivity index (χ0v) is 18.9. The Morgan fingerprint density at radius 2 is 1.97 bits per heavy atom. The molecule has 0 aliphatic rings. The second-order valence-corrected chi connectivity index (χ2v) is 8.20. The molecule has 4 aromatic rings. The van der Waals surface area contributed by atoms with Gasteiger partial charge in [-0.1, -0.05) is 41.5 Å². The lowest BCUT2D eigenvalue weighted by atomic mass is 10.2. The number of nitrogens with zero attached hydrogens (tertiary/aromatic N) is 4. The number of carbonyl (C=O) groups is 1. The van der Waals surface area contributed by atoms with Crippen LogP contribution in [0, 0.1) is 0 Å². The first-order valence-corrected chi connectivity index (χ1v) is 10.8. The molecule has 2 aromatic carbocycles. The Morgan fingerprint density at radius 1 is 1.16 bits per heavy atom. The van der Waals surface area contributed by atoms with E-state index < -0.39 is 0 Å². The van der Waals surface area contributed by atoms with Crippen LogP contribution in [0.15, 0.2) is 36.4 Å². The van der Waals surface area contributed by atoms with Crippen molar-refractivity contribution in [1.29, 1.82) is 0 Å². The lowest BCUT2D eigenvalue weighted by molar-refractivity contribution is -0.118. The Morgan fingerprint density at radius 3 is 2.71 bits per heavy atom. The molecule has 160 valence electrons. The molecule has 0 aliphatic carbocycles. The van der Waals surface area contributed by atoms with E-state index in [9.17, 15) is 4.79 Å². The summed E-state index contributed by atoms with van der Waals surface area (Å²) in [5, 5.41) is 17.2. The summed E-state index contributed by atoms with van der Waals surface area (Å²) in [4.78, 5) is 13.2. The van der Waals surface area contributed by atoms with Crippen LogP contribution in [0.2, 0.25) is 10.0 Å². The number of hydrogen-bond acceptors (Lipinski definition) is 7. The van der Waals surface area contributed by atoms with Crippen LogP contribution in [0.1, 0.15) is 12.7 Å². The summed E-state index contributed by atoms with van der Waals surface area (Å²) in [5.74, 6) is 1.30. The van der Waals surface area contributed by atoms with Gasteiger partial charge in [0.1, 0.15) is 16.5 Å². The van der Waals surface area contributed by atoms with Crippen LogP contribution in [-0.2, 0) is 11.2 Å². The van der Waals surface area contributed by atoms with E-state index in [2.05, 4.69) is 20.6 Å². The van der Waals surface area contributed by atoms with E-state index in [1.807, 2.05) is 13.0 Å². The molecule has 4 rings (SSSR count). The zero-order valence-electron chi connectivity index (χ0n) is 16.6. The molecule has 31 heavy (non-hydrogen) atoms. The van der Waals surface area contributed by atoms with Gasteiger partial charge in [-0.05, 0) is 36.4 Å². The lowest BCUT2D eigenvalue weighted by Gasteiger charge is -2.12. The molecule has 0 unspecified atom stereocenters. The number of rotatable bonds is 7. The van der Waals surface area contributed by atoms with Crippen LogP contribution < -0.4 is 14.8 Å². The standard InChI is InChI=1S/C20H17Cl2N5O3S/c1-3-17-24-25-20-27(17)26-19(31-20)11-4-6-16(29-2)14(8-11)23-18(28)10-30-15-7-5-12(21)9-13(15)22/h4-9H,3,10H2,1-2H3,(H,23,28). The summed E-state index contributed by atoms with van der Waals surface area (Å²) in [7, 11) is 1.53. The lowest BCUT2D eigenvalue weighted by Crippen LogP contribution is -2.20. The molecule has 2 aromatic heterocycles. The van der Waals surface area contributed by atoms with Crippen LogP contribution in [0.4, 0.5) is 5.69 Å². The van der Waals surface area contributed by atoms with Crippen LogP contribution in [-0.4, -0.2) is 39.4 Å². The minimum absolute atomic E-state index is 0.231. The van der Waals surface area contributed by atoms with Gasteiger partial charge in [0.05, 0.1) is 17.8 Å². The number of methoxy groups -OCH3 is 1. The fourth-order valence-corrected chi connectivity index (χ4v) is 4.17. The summed E-state index contributed by atoms with van der Waals surface area (Å²) in [5.41, 5.74) is 1.31. The molecule has 0 saturated heterocycles. The maximum Gasteiger partial charge on any atom is 0.262 e. The topological polar surface area (TPSA) is 90.6 Å². The van der Waals surface area contributed by atoms with Gasteiger partial charge in [0, 0.05) is 17.0 Å². The highest BCUT2D eigenvalue weighted by molar-refractivity contribution is 7.19. The molecule has 8 nitrogen and oxygen atoms in total. The summed E-state index contributed by atoms with van der Waals surface area (Å²) in [6, 6.07) is 10.2. The first kappa shape index (κ1) is 21.4. The van der Waals surface area contributed by atoms with Gasteiger partial charge in [0.15, 0.2) is 12.4 Å². The fourth-order valence-electron chi connectivity index (χ4n) is 2.86. The van der Waals surface area contributed by atoms with E-state index in [1.54, 1.807) is 34.8 Å². The Hall–Kier alpha value is -2.88. The van der Waals surface area contributed by atoms with E-state index in [1.165, 1.54) is 18.4 Å². The molecule has 0 spiro atoms. The highest BCUT2D eigenvalue weighted by Gasteiger charge is 2.15. The Bertz CT molecular complexity index is 1260. The van der Waals surface area contributed by atoms with Crippen molar-refractivity contribution >= 4 is 51.1 Å². The first-order chi connectivity index (χ1) is 15.0. The third-order valence-electron chi connectivity index (χ3n) is 4.34. The number of hydrogen-bond donors (Lipinski definition) is 1. The second-order valence-electron chi connectivity index (χ2n) is 6.40. The van der Waals surface area contributed by atoms with Crippen LogP contribution in [0.5, 0.6) is 11.5 Å². The molecule has 0 radical (unpaired) electrons. The number of fused-ring (bicyclic) bond motifs is 1. The van der Waals surface area contributed by atoms with Crippen LogP contribution >= 0.6 is 34.5 Å². The van der Waals surface area contributed by atoms with E-state index in [-0.39, 0.29) is 12.5 Å². The van der Waals surface area contributed by atoms with Crippen molar-refractivity contribution in [3.63, 3.8) is 0 Å². The molecule has 0 bridgehead atoms. The van der Waals surface area contributed by atoms with Gasteiger partial charge in [-0.15, -0.1) is 10.2 Å². The van der Waals surface area contributed by atoms with Crippen molar-refractivity contribution in [2.75, 3.05) is 19.0 Å². The summed E-state index contributed by atoms with van der Waals surface area (Å²) >= 11 is 13.4. The maximum atomic E-state index is 12.5. The Labute approximate surface area is 191 Å². The molecule has 0 saturated carbocycles. The number of benzene rings is 2. The predicted octanol–water partition coefficient (Wildman–Crippen LogP) is 4.75. The Kier molecular flexibility index (Phi) is 6.26. The molecular weight excluding hydrogens is 461 g/mol. The average molecular weight is 478 g/mol. The van der Waals surface area contributed by atoms with Crippen molar-refractivity contribution in [2.24, 2.45) is 0 Å². The van der Waals surface area contributed by atoms with Crippen molar-refractivity contribution < 1.29 is 14.3 Å². The first-order valence-electron chi connectivity index (χ1n) is 9.25. The van der Waals surface area contributed by atoms with E-state index >= 15 is 0 Å². The molecule has 0 aliphatic heterocycles. The maximum absolute atomic E-state index is 12.5. The zero-order chi connectivity index (χ0) is 22.0. The minimum atomic E-state index is -0.368. The normalized spacial score (nSPS) is 11.0. The van der Waals surface area contributed by atoms with Gasteiger partial charge in [0.25, 0.3) is 5.91 Å². The van der Waals surface area contributed by atoms with Crippen molar-refractivity contribution in [1.82, 2.24) is 19.8 Å². The fraction of sp³-hybridized carbons (Fsp3) is 0.200. The second kappa shape index (κ2) is 9.09. The van der Waals surface area contributed by atoms with Gasteiger partial charge in [-0.2, -0.15) is 9.61 Å². The van der Waals surface area contributed by atoms with Gasteiger partial charge < -0.3 is 14.8 Å². The van der Waals surface area contributed by atoms with E-state index in [0.717, 1.165) is 22.8 Å².